The Bertz CT molecular complexity index is 1350. The summed E-state index contributed by atoms with van der Waals surface area (Å²) in [5, 5.41) is 8.78. The van der Waals surface area contributed by atoms with Crippen molar-refractivity contribution in [2.24, 2.45) is 5.14 Å². The van der Waals surface area contributed by atoms with Crippen LogP contribution in [0, 0.1) is 0 Å². The number of nitrogens with two attached hydrogens (primary N) is 1. The molecule has 0 aliphatic carbocycles. The first kappa shape index (κ1) is 23.0. The van der Waals surface area contributed by atoms with Crippen LogP contribution in [0.5, 0.6) is 0 Å². The third-order valence-corrected chi connectivity index (χ3v) is 7.07. The van der Waals surface area contributed by atoms with E-state index < -0.39 is 10.0 Å². The van der Waals surface area contributed by atoms with Crippen molar-refractivity contribution in [2.75, 3.05) is 5.75 Å². The summed E-state index contributed by atoms with van der Waals surface area (Å²) >= 11 is 1.40. The second-order valence-electron chi connectivity index (χ2n) is 7.52. The number of hydrogen-bond acceptors (Lipinski definition) is 5. The molecule has 0 atom stereocenters. The van der Waals surface area contributed by atoms with Crippen molar-refractivity contribution in [2.45, 2.75) is 29.6 Å². The molecule has 7 nitrogen and oxygen atoms in total. The molecule has 0 fully saturated rings. The van der Waals surface area contributed by atoms with E-state index >= 15 is 0 Å². The fourth-order valence-corrected chi connectivity index (χ4v) is 4.83. The number of nitrogens with zero attached hydrogens (tertiary/aromatic N) is 2. The molecule has 0 saturated carbocycles. The van der Waals surface area contributed by atoms with Crippen LogP contribution in [0.4, 0.5) is 0 Å². The van der Waals surface area contributed by atoms with Gasteiger partial charge in [-0.1, -0.05) is 66.4 Å². The van der Waals surface area contributed by atoms with Gasteiger partial charge in [0, 0.05) is 13.1 Å². The molecule has 0 aliphatic rings. The lowest BCUT2D eigenvalue weighted by molar-refractivity contribution is -0.118. The van der Waals surface area contributed by atoms with Crippen molar-refractivity contribution in [1.29, 1.82) is 0 Å². The van der Waals surface area contributed by atoms with E-state index in [1.165, 1.54) is 29.5 Å². The topological polar surface area (TPSA) is 107 Å². The number of primary sulfonamides is 1. The number of carbonyl (C=O) groups is 1. The molecule has 0 saturated heterocycles. The van der Waals surface area contributed by atoms with Gasteiger partial charge in [-0.3, -0.25) is 4.79 Å². The lowest BCUT2D eigenvalue weighted by Crippen LogP contribution is -2.24. The summed E-state index contributed by atoms with van der Waals surface area (Å²) in [5.74, 6) is 0.0985. The third kappa shape index (κ3) is 6.01. The van der Waals surface area contributed by atoms with Crippen LogP contribution in [0.3, 0.4) is 0 Å². The highest BCUT2D eigenvalue weighted by Crippen LogP contribution is 2.24. The van der Waals surface area contributed by atoms with E-state index in [0.29, 0.717) is 6.54 Å². The summed E-state index contributed by atoms with van der Waals surface area (Å²) in [6, 6.07) is 24.4. The van der Waals surface area contributed by atoms with Crippen molar-refractivity contribution in [3.05, 3.63) is 90.0 Å². The Hall–Kier alpha value is -3.14. The summed E-state index contributed by atoms with van der Waals surface area (Å²) in [4.78, 5) is 17.2. The number of fused-ring (bicyclic) bond motifs is 1. The van der Waals surface area contributed by atoms with Crippen molar-refractivity contribution < 1.29 is 13.2 Å². The maximum atomic E-state index is 12.4. The van der Waals surface area contributed by atoms with E-state index in [0.717, 1.165) is 34.7 Å². The highest BCUT2D eigenvalue weighted by atomic mass is 32.2. The van der Waals surface area contributed by atoms with E-state index in [4.69, 9.17) is 10.1 Å². The van der Waals surface area contributed by atoms with Gasteiger partial charge in [-0.2, -0.15) is 0 Å². The molecule has 170 valence electrons. The monoisotopic (exact) mass is 480 g/mol. The molecule has 3 aromatic carbocycles. The first-order valence-electron chi connectivity index (χ1n) is 10.4. The van der Waals surface area contributed by atoms with Gasteiger partial charge in [0.15, 0.2) is 5.16 Å². The second kappa shape index (κ2) is 10.2. The largest absolute Gasteiger partial charge is 0.351 e. The lowest BCUT2D eigenvalue weighted by Gasteiger charge is -2.10. The van der Waals surface area contributed by atoms with Crippen LogP contribution < -0.4 is 10.5 Å². The van der Waals surface area contributed by atoms with Crippen LogP contribution in [0.2, 0.25) is 0 Å². The Labute approximate surface area is 197 Å². The number of aromatic nitrogens is 2. The predicted octanol–water partition coefficient (Wildman–Crippen LogP) is 3.33. The van der Waals surface area contributed by atoms with Crippen molar-refractivity contribution in [1.82, 2.24) is 14.9 Å². The van der Waals surface area contributed by atoms with Gasteiger partial charge in [-0.25, -0.2) is 18.5 Å². The van der Waals surface area contributed by atoms with Gasteiger partial charge in [0.25, 0.3) is 0 Å². The minimum absolute atomic E-state index is 0.0440. The van der Waals surface area contributed by atoms with Crippen LogP contribution in [0.25, 0.3) is 11.0 Å². The minimum Gasteiger partial charge on any atom is -0.351 e. The average Bonchev–Trinajstić information content (AvgIpc) is 3.18. The maximum absolute atomic E-state index is 12.4. The summed E-state index contributed by atoms with van der Waals surface area (Å²) in [7, 11) is -3.73. The Morgan fingerprint density at radius 3 is 2.36 bits per heavy atom. The van der Waals surface area contributed by atoms with Crippen LogP contribution in [-0.4, -0.2) is 29.6 Å². The molecule has 0 radical (unpaired) electrons. The number of imidazole rings is 1. The third-order valence-electron chi connectivity index (χ3n) is 5.16. The van der Waals surface area contributed by atoms with Gasteiger partial charge in [-0.05, 0) is 41.8 Å². The highest BCUT2D eigenvalue weighted by Gasteiger charge is 2.13. The Morgan fingerprint density at radius 2 is 1.64 bits per heavy atom. The van der Waals surface area contributed by atoms with E-state index in [1.807, 2.05) is 42.5 Å². The molecular weight excluding hydrogens is 456 g/mol. The Morgan fingerprint density at radius 1 is 0.939 bits per heavy atom. The lowest BCUT2D eigenvalue weighted by atomic mass is 10.1. The van der Waals surface area contributed by atoms with Crippen molar-refractivity contribution >= 4 is 38.7 Å². The van der Waals surface area contributed by atoms with Gasteiger partial charge < -0.3 is 9.88 Å². The van der Waals surface area contributed by atoms with Crippen LogP contribution >= 0.6 is 11.8 Å². The van der Waals surface area contributed by atoms with Crippen LogP contribution in [0.15, 0.2) is 88.9 Å². The van der Waals surface area contributed by atoms with Gasteiger partial charge >= 0.3 is 0 Å². The normalized spacial score (nSPS) is 11.5. The minimum atomic E-state index is -3.73. The number of nitrogens with one attached hydrogen (secondary N) is 1. The first-order valence-corrected chi connectivity index (χ1v) is 12.9. The quantitative estimate of drug-likeness (QED) is 0.357. The molecule has 4 aromatic rings. The molecule has 9 heteroatoms. The molecule has 33 heavy (non-hydrogen) atoms. The van der Waals surface area contributed by atoms with E-state index in [2.05, 4.69) is 22.0 Å². The molecule has 0 unspecified atom stereocenters. The molecule has 1 aromatic heterocycles. The summed E-state index contributed by atoms with van der Waals surface area (Å²) in [6.45, 7) is 1.07. The van der Waals surface area contributed by atoms with Gasteiger partial charge in [-0.15, -0.1) is 0 Å². The molecule has 1 amide bonds. The Balaban J connectivity index is 1.38. The van der Waals surface area contributed by atoms with Crippen molar-refractivity contribution in [3.8, 4) is 0 Å². The first-order chi connectivity index (χ1) is 15.9. The van der Waals surface area contributed by atoms with E-state index in [9.17, 15) is 13.2 Å². The summed E-state index contributed by atoms with van der Waals surface area (Å²) < 4.78 is 24.9. The smallest absolute Gasteiger partial charge is 0.238 e. The fourth-order valence-electron chi connectivity index (χ4n) is 3.44. The molecule has 0 bridgehead atoms. The molecule has 0 spiro atoms. The predicted molar refractivity (Wildman–Crippen MR) is 130 cm³/mol. The summed E-state index contributed by atoms with van der Waals surface area (Å²) in [5.41, 5.74) is 3.99. The molecule has 4 rings (SSSR count). The van der Waals surface area contributed by atoms with Crippen LogP contribution in [-0.2, 0) is 34.3 Å². The van der Waals surface area contributed by atoms with Gasteiger partial charge in [0.2, 0.25) is 15.9 Å². The van der Waals surface area contributed by atoms with E-state index in [-0.39, 0.29) is 16.6 Å². The summed E-state index contributed by atoms with van der Waals surface area (Å²) in [6.07, 6.45) is 0.871. The highest BCUT2D eigenvalue weighted by molar-refractivity contribution is 7.99. The number of amides is 1. The molecule has 0 aliphatic heterocycles. The number of carbonyl (C=O) groups excluding carboxylic acids is 1. The standard InChI is InChI=1S/C24H24N4O3S2/c25-33(30,31)20-12-10-19(11-13-20)16-26-23(29)17-32-24-27-21-8-4-5-9-22(21)28(24)15-14-18-6-2-1-3-7-18/h1-13H,14-17H2,(H,26,29)(H2,25,30,31). The number of para-hydroxylation sites is 2. The molecule has 3 N–H and O–H groups in total. The zero-order valence-electron chi connectivity index (χ0n) is 17.8. The second-order valence-corrected chi connectivity index (χ2v) is 10.0. The number of benzene rings is 3. The zero-order chi connectivity index (χ0) is 23.3. The average molecular weight is 481 g/mol. The molecule has 1 heterocycles. The van der Waals surface area contributed by atoms with Crippen LogP contribution in [0.1, 0.15) is 11.1 Å². The number of thioether (sulfide) groups is 1. The van der Waals surface area contributed by atoms with Gasteiger partial charge in [0.1, 0.15) is 0 Å². The number of aryl methyl sites for hydroxylation is 2. The maximum Gasteiger partial charge on any atom is 0.238 e. The number of sulfonamides is 1. The van der Waals surface area contributed by atoms with Crippen molar-refractivity contribution in [3.63, 3.8) is 0 Å². The SMILES string of the molecule is NS(=O)(=O)c1ccc(CNC(=O)CSc2nc3ccccc3n2CCc2ccccc2)cc1. The van der Waals surface area contributed by atoms with E-state index in [1.54, 1.807) is 12.1 Å². The molecular formula is C24H24N4O3S2. The number of rotatable bonds is 9. The zero-order valence-corrected chi connectivity index (χ0v) is 19.5. The fraction of sp³-hybridized carbons (Fsp3) is 0.167. The number of hydrogen-bond donors (Lipinski definition) is 2. The van der Waals surface area contributed by atoms with Gasteiger partial charge in [0.05, 0.1) is 21.7 Å². The Kier molecular flexibility index (Phi) is 7.12.